The summed E-state index contributed by atoms with van der Waals surface area (Å²) in [5.41, 5.74) is -0.975. The van der Waals surface area contributed by atoms with Crippen LogP contribution in [0.5, 0.6) is 0 Å². The molecule has 0 saturated heterocycles. The van der Waals surface area contributed by atoms with Crippen molar-refractivity contribution < 1.29 is 19.5 Å². The molecule has 0 bridgehead atoms. The van der Waals surface area contributed by atoms with Crippen molar-refractivity contribution >= 4 is 17.5 Å². The number of carbonyl (C=O) groups excluding carboxylic acids is 2. The molecule has 2 heterocycles. The van der Waals surface area contributed by atoms with Gasteiger partial charge >= 0.3 is 5.97 Å². The molecule has 0 saturated carbocycles. The number of H-pyrrole nitrogens is 2. The van der Waals surface area contributed by atoms with Crippen LogP contribution in [-0.2, 0) is 0 Å². The molecule has 7 nitrogen and oxygen atoms in total. The molecule has 7 heteroatoms. The molecule has 0 amide bonds. The number of Topliss-reactive ketones (excluding diaryl/α,β-unsaturated/α-hetero) is 2. The number of rotatable bonds is 1. The van der Waals surface area contributed by atoms with Gasteiger partial charge in [-0.15, -0.1) is 0 Å². The first-order valence-electron chi connectivity index (χ1n) is 5.28. The molecule has 2 aromatic heterocycles. The first-order valence-corrected chi connectivity index (χ1v) is 5.28. The van der Waals surface area contributed by atoms with Crippen LogP contribution < -0.4 is 5.56 Å². The summed E-state index contributed by atoms with van der Waals surface area (Å²) in [6.45, 7) is 0. The fraction of sp³-hybridized carbons (Fsp3) is 0. The normalized spacial score (nSPS) is 13.1. The SMILES string of the molecule is O=C1C(=O)c2[nH]c(=O)cc(C(=O)O)c2-c2[nH]ccc21. The third-order valence-electron chi connectivity index (χ3n) is 2.95. The first-order chi connectivity index (χ1) is 9.00. The lowest BCUT2D eigenvalue weighted by atomic mass is 9.89. The lowest BCUT2D eigenvalue weighted by Crippen LogP contribution is -2.27. The number of pyridine rings is 1. The highest BCUT2D eigenvalue weighted by Gasteiger charge is 2.35. The average Bonchev–Trinajstić information content (AvgIpc) is 2.84. The highest BCUT2D eigenvalue weighted by molar-refractivity contribution is 6.52. The third-order valence-corrected chi connectivity index (χ3v) is 2.95. The standard InChI is InChI=1S/C12H6N2O5/c15-6-3-5(12(18)19)7-8-4(1-2-13-8)10(16)11(17)9(7)14-6/h1-3,13H,(H,14,15)(H,18,19). The predicted octanol–water partition coefficient (Wildman–Crippen LogP) is 0.447. The summed E-state index contributed by atoms with van der Waals surface area (Å²) in [5.74, 6) is -3.03. The topological polar surface area (TPSA) is 120 Å². The first kappa shape index (κ1) is 11.1. The van der Waals surface area contributed by atoms with Crippen LogP contribution in [0.25, 0.3) is 11.3 Å². The Hall–Kier alpha value is -2.96. The smallest absolute Gasteiger partial charge is 0.336 e. The summed E-state index contributed by atoms with van der Waals surface area (Å²) in [6, 6.07) is 2.28. The molecule has 2 aromatic rings. The van der Waals surface area contributed by atoms with E-state index < -0.39 is 23.1 Å². The number of carboxylic acid groups (broad SMARTS) is 1. The van der Waals surface area contributed by atoms with Crippen LogP contribution in [0.1, 0.15) is 31.2 Å². The summed E-state index contributed by atoms with van der Waals surface area (Å²) in [6.07, 6.45) is 1.43. The Morgan fingerprint density at radius 1 is 1.11 bits per heavy atom. The molecule has 1 aliphatic carbocycles. The van der Waals surface area contributed by atoms with E-state index in [0.717, 1.165) is 6.07 Å². The Morgan fingerprint density at radius 2 is 1.84 bits per heavy atom. The van der Waals surface area contributed by atoms with Crippen molar-refractivity contribution in [1.82, 2.24) is 9.97 Å². The van der Waals surface area contributed by atoms with Gasteiger partial charge in [0.05, 0.1) is 16.8 Å². The molecule has 0 fully saturated rings. The number of carbonyl (C=O) groups is 3. The van der Waals surface area contributed by atoms with Crippen LogP contribution in [0.3, 0.4) is 0 Å². The van der Waals surface area contributed by atoms with Crippen molar-refractivity contribution in [1.29, 1.82) is 0 Å². The largest absolute Gasteiger partial charge is 0.478 e. The minimum absolute atomic E-state index is 0.0386. The highest BCUT2D eigenvalue weighted by atomic mass is 16.4. The van der Waals surface area contributed by atoms with E-state index in [0.29, 0.717) is 0 Å². The van der Waals surface area contributed by atoms with Crippen molar-refractivity contribution in [2.45, 2.75) is 0 Å². The highest BCUT2D eigenvalue weighted by Crippen LogP contribution is 2.33. The maximum atomic E-state index is 11.9. The van der Waals surface area contributed by atoms with E-state index in [1.807, 2.05) is 0 Å². The predicted molar refractivity (Wildman–Crippen MR) is 62.5 cm³/mol. The van der Waals surface area contributed by atoms with Gasteiger partial charge in [-0.3, -0.25) is 14.4 Å². The lowest BCUT2D eigenvalue weighted by molar-refractivity contribution is 0.0696. The summed E-state index contributed by atoms with van der Waals surface area (Å²) in [4.78, 5) is 51.2. The molecule has 0 spiro atoms. The van der Waals surface area contributed by atoms with E-state index >= 15 is 0 Å². The van der Waals surface area contributed by atoms with Gasteiger partial charge < -0.3 is 15.1 Å². The van der Waals surface area contributed by atoms with Crippen LogP contribution in [0.2, 0.25) is 0 Å². The second-order valence-electron chi connectivity index (χ2n) is 4.03. The van der Waals surface area contributed by atoms with Gasteiger partial charge in [0.1, 0.15) is 5.69 Å². The number of hydrogen-bond donors (Lipinski definition) is 3. The van der Waals surface area contributed by atoms with Gasteiger partial charge in [-0.25, -0.2) is 4.79 Å². The van der Waals surface area contributed by atoms with Crippen LogP contribution in [0.4, 0.5) is 0 Å². The summed E-state index contributed by atoms with van der Waals surface area (Å²) >= 11 is 0. The second-order valence-corrected chi connectivity index (χ2v) is 4.03. The van der Waals surface area contributed by atoms with Crippen LogP contribution in [0.15, 0.2) is 23.1 Å². The number of fused-ring (bicyclic) bond motifs is 3. The second kappa shape index (κ2) is 3.52. The van der Waals surface area contributed by atoms with E-state index in [4.69, 9.17) is 5.11 Å². The summed E-state index contributed by atoms with van der Waals surface area (Å²) in [5, 5.41) is 9.12. The summed E-state index contributed by atoms with van der Waals surface area (Å²) < 4.78 is 0. The zero-order valence-electron chi connectivity index (χ0n) is 9.31. The molecular formula is C12H6N2O5. The van der Waals surface area contributed by atoms with Gasteiger partial charge in [0.25, 0.3) is 5.78 Å². The Labute approximate surface area is 104 Å². The molecule has 0 atom stereocenters. The van der Waals surface area contributed by atoms with E-state index in [2.05, 4.69) is 9.97 Å². The number of aromatic nitrogens is 2. The number of aromatic amines is 2. The number of ketones is 2. The van der Waals surface area contributed by atoms with Gasteiger partial charge in [0.2, 0.25) is 11.3 Å². The molecule has 0 radical (unpaired) electrons. The average molecular weight is 258 g/mol. The lowest BCUT2D eigenvalue weighted by Gasteiger charge is -2.15. The van der Waals surface area contributed by atoms with Gasteiger partial charge in [-0.1, -0.05) is 0 Å². The van der Waals surface area contributed by atoms with Crippen LogP contribution >= 0.6 is 0 Å². The zero-order chi connectivity index (χ0) is 13.7. The van der Waals surface area contributed by atoms with Gasteiger partial charge in [0.15, 0.2) is 0 Å². The molecule has 3 rings (SSSR count). The van der Waals surface area contributed by atoms with Crippen molar-refractivity contribution in [3.63, 3.8) is 0 Å². The van der Waals surface area contributed by atoms with Gasteiger partial charge in [-0.2, -0.15) is 0 Å². The van der Waals surface area contributed by atoms with Gasteiger partial charge in [-0.05, 0) is 6.07 Å². The minimum atomic E-state index is -1.34. The number of nitrogens with one attached hydrogen (secondary N) is 2. The maximum absolute atomic E-state index is 11.9. The molecule has 0 aliphatic heterocycles. The molecule has 3 N–H and O–H groups in total. The van der Waals surface area contributed by atoms with Crippen LogP contribution in [-0.4, -0.2) is 32.6 Å². The quantitative estimate of drug-likeness (QED) is 0.641. The van der Waals surface area contributed by atoms with E-state index in [9.17, 15) is 19.2 Å². The Kier molecular flexibility index (Phi) is 2.06. The molecule has 19 heavy (non-hydrogen) atoms. The van der Waals surface area contributed by atoms with E-state index in [1.54, 1.807) is 0 Å². The Morgan fingerprint density at radius 3 is 2.53 bits per heavy atom. The molecule has 94 valence electrons. The molecule has 0 aromatic carbocycles. The van der Waals surface area contributed by atoms with E-state index in [-0.39, 0.29) is 28.1 Å². The fourth-order valence-electron chi connectivity index (χ4n) is 2.16. The Bertz CT molecular complexity index is 812. The Balaban J connectivity index is 2.50. The van der Waals surface area contributed by atoms with Crippen molar-refractivity contribution in [2.75, 3.05) is 0 Å². The van der Waals surface area contributed by atoms with Crippen LogP contribution in [0, 0.1) is 0 Å². The number of carboxylic acids is 1. The fourth-order valence-corrected chi connectivity index (χ4v) is 2.16. The van der Waals surface area contributed by atoms with Crippen molar-refractivity contribution in [2.24, 2.45) is 0 Å². The maximum Gasteiger partial charge on any atom is 0.336 e. The molecule has 0 unspecified atom stereocenters. The van der Waals surface area contributed by atoms with Crippen molar-refractivity contribution in [3.05, 3.63) is 45.5 Å². The molecule has 1 aliphatic rings. The number of aromatic carboxylic acids is 1. The molecular weight excluding hydrogens is 252 g/mol. The monoisotopic (exact) mass is 258 g/mol. The van der Waals surface area contributed by atoms with Crippen molar-refractivity contribution in [3.8, 4) is 11.3 Å². The summed E-state index contributed by atoms with van der Waals surface area (Å²) in [7, 11) is 0. The van der Waals surface area contributed by atoms with Gasteiger partial charge in [0, 0.05) is 17.8 Å². The van der Waals surface area contributed by atoms with E-state index in [1.165, 1.54) is 12.3 Å². The minimum Gasteiger partial charge on any atom is -0.478 e. The number of hydrogen-bond acceptors (Lipinski definition) is 4. The zero-order valence-corrected chi connectivity index (χ0v) is 9.31. The third kappa shape index (κ3) is 1.38.